The van der Waals surface area contributed by atoms with E-state index in [4.69, 9.17) is 5.10 Å². The minimum Gasteiger partial charge on any atom is -0.368 e. The lowest BCUT2D eigenvalue weighted by atomic mass is 9.96. The number of rotatable bonds is 8. The van der Waals surface area contributed by atoms with Crippen molar-refractivity contribution in [3.05, 3.63) is 30.4 Å². The molecule has 2 aliphatic carbocycles. The van der Waals surface area contributed by atoms with Gasteiger partial charge in [0.1, 0.15) is 17.9 Å². The third kappa shape index (κ3) is 5.36. The predicted molar refractivity (Wildman–Crippen MR) is 158 cm³/mol. The van der Waals surface area contributed by atoms with Gasteiger partial charge in [-0.05, 0) is 71.9 Å². The Morgan fingerprint density at radius 3 is 2.49 bits per heavy atom. The van der Waals surface area contributed by atoms with Crippen LogP contribution in [0.3, 0.4) is 0 Å². The third-order valence-corrected chi connectivity index (χ3v) is 10.8. The number of halogens is 1. The Labute approximate surface area is 242 Å². The number of carbonyl (C=O) groups excluding carboxylic acids is 1. The summed E-state index contributed by atoms with van der Waals surface area (Å²) in [5.41, 5.74) is 2.28. The van der Waals surface area contributed by atoms with Crippen LogP contribution in [0.15, 0.2) is 34.8 Å². The number of sulfonamides is 1. The summed E-state index contributed by atoms with van der Waals surface area (Å²) < 4.78 is 46.3. The van der Waals surface area contributed by atoms with Crippen LogP contribution in [0.4, 0.5) is 15.8 Å². The molecule has 3 aliphatic heterocycles. The zero-order valence-electron chi connectivity index (χ0n) is 24.5. The van der Waals surface area contributed by atoms with E-state index < -0.39 is 27.8 Å². The standard InChI is InChI=1S/C30H42FN6O3S/c1-6-26(38)36-16-21(13-30(36,5)18-31)17-37-25-12-23(41(39,40)34-29(4)9-10-29)11-24(27(25)28(33-37)22-7-8-22)35-14-19(2)32-20(3)15-35/h6,11-12,17,19-22,32,34H,1,7-10,13-16,18H2,2-5H3/q+1/b37-17-/t19-,20-,21?,30-/m0/s1. The number of hydrogen-bond donors (Lipinski definition) is 2. The van der Waals surface area contributed by atoms with E-state index in [-0.39, 0.29) is 28.8 Å². The molecular weight excluding hydrogens is 543 g/mol. The van der Waals surface area contributed by atoms with Crippen molar-refractivity contribution in [2.75, 3.05) is 31.2 Å². The van der Waals surface area contributed by atoms with E-state index in [1.165, 1.54) is 6.08 Å². The molecule has 11 heteroatoms. The molecule has 0 aromatic heterocycles. The van der Waals surface area contributed by atoms with E-state index in [1.807, 2.05) is 23.9 Å². The van der Waals surface area contributed by atoms with Crippen molar-refractivity contribution < 1.29 is 22.3 Å². The van der Waals surface area contributed by atoms with Crippen LogP contribution in [0.2, 0.25) is 0 Å². The van der Waals surface area contributed by atoms with Crippen molar-refractivity contribution in [1.29, 1.82) is 0 Å². The smallest absolute Gasteiger partial charge is 0.250 e. The fourth-order valence-corrected chi connectivity index (χ4v) is 8.20. The lowest BCUT2D eigenvalue weighted by Gasteiger charge is -2.38. The maximum atomic E-state index is 14.2. The summed E-state index contributed by atoms with van der Waals surface area (Å²) >= 11 is 0. The average molecular weight is 586 g/mol. The van der Waals surface area contributed by atoms with Crippen LogP contribution in [0, 0.1) is 11.8 Å². The van der Waals surface area contributed by atoms with E-state index in [9.17, 15) is 17.6 Å². The van der Waals surface area contributed by atoms with Gasteiger partial charge in [0.25, 0.3) is 0 Å². The van der Waals surface area contributed by atoms with Crippen LogP contribution in [-0.2, 0) is 14.8 Å². The van der Waals surface area contributed by atoms with Crippen LogP contribution < -0.4 is 14.9 Å². The number of fused-ring (bicyclic) bond motifs is 1. The molecule has 4 fully saturated rings. The van der Waals surface area contributed by atoms with E-state index >= 15 is 0 Å². The molecule has 2 saturated carbocycles. The Bertz CT molecular complexity index is 1440. The van der Waals surface area contributed by atoms with Gasteiger partial charge < -0.3 is 15.1 Å². The number of piperazine rings is 1. The van der Waals surface area contributed by atoms with Crippen molar-refractivity contribution in [3.63, 3.8) is 0 Å². The molecule has 6 rings (SSSR count). The maximum Gasteiger partial charge on any atom is 0.250 e. The topological polar surface area (TPSA) is 97.1 Å². The van der Waals surface area contributed by atoms with Crippen LogP contribution in [-0.4, -0.2) is 85.3 Å². The minimum absolute atomic E-state index is 0.152. The predicted octanol–water partition coefficient (Wildman–Crippen LogP) is 3.31. The Balaban J connectivity index is 1.47. The Hall–Kier alpha value is -2.63. The van der Waals surface area contributed by atoms with Gasteiger partial charge in [-0.15, -0.1) is 0 Å². The largest absolute Gasteiger partial charge is 0.368 e. The second-order valence-corrected chi connectivity index (χ2v) is 15.1. The number of carbonyl (C=O) groups is 1. The van der Waals surface area contributed by atoms with Crippen molar-refractivity contribution in [1.82, 2.24) is 14.9 Å². The zero-order valence-corrected chi connectivity index (χ0v) is 25.3. The molecule has 0 bridgehead atoms. The molecule has 9 nitrogen and oxygen atoms in total. The van der Waals surface area contributed by atoms with E-state index in [2.05, 4.69) is 35.4 Å². The first-order chi connectivity index (χ1) is 19.3. The van der Waals surface area contributed by atoms with Crippen LogP contribution >= 0.6 is 0 Å². The Kier molecular flexibility index (Phi) is 6.94. The first kappa shape index (κ1) is 28.5. The van der Waals surface area contributed by atoms with Crippen molar-refractivity contribution in [3.8, 4) is 0 Å². The molecule has 5 aliphatic rings. The number of nitrogens with one attached hydrogen (secondary N) is 2. The molecule has 1 amide bonds. The fraction of sp³-hybridized carbons (Fsp3) is 0.633. The second kappa shape index (κ2) is 9.98. The number of nitrogens with zero attached hydrogens (tertiary/aromatic N) is 4. The number of hydrazone groups is 1. The second-order valence-electron chi connectivity index (χ2n) is 13.4. The summed E-state index contributed by atoms with van der Waals surface area (Å²) in [5, 5.41) is 8.64. The number of hydrogen-bond acceptors (Lipinski definition) is 6. The van der Waals surface area contributed by atoms with Gasteiger partial charge in [0.2, 0.25) is 21.6 Å². The number of amides is 1. The molecule has 4 atom stereocenters. The summed E-state index contributed by atoms with van der Waals surface area (Å²) in [7, 11) is -3.78. The van der Waals surface area contributed by atoms with E-state index in [0.717, 1.165) is 61.4 Å². The highest BCUT2D eigenvalue weighted by Gasteiger charge is 2.48. The molecule has 41 heavy (non-hydrogen) atoms. The minimum atomic E-state index is -3.78. The monoisotopic (exact) mass is 585 g/mol. The molecule has 0 spiro atoms. The highest BCUT2D eigenvalue weighted by atomic mass is 32.2. The fourth-order valence-electron chi connectivity index (χ4n) is 6.69. The molecule has 2 saturated heterocycles. The van der Waals surface area contributed by atoms with Crippen LogP contribution in [0.5, 0.6) is 0 Å². The van der Waals surface area contributed by atoms with Gasteiger partial charge in [-0.3, -0.25) is 4.79 Å². The number of anilines is 1. The van der Waals surface area contributed by atoms with Gasteiger partial charge in [-0.1, -0.05) is 11.3 Å². The van der Waals surface area contributed by atoms with E-state index in [1.54, 1.807) is 17.9 Å². The number of likely N-dealkylation sites (tertiary alicyclic amines) is 1. The van der Waals surface area contributed by atoms with Crippen molar-refractivity contribution >= 4 is 39.2 Å². The molecular formula is C30H42FN6O3S+. The van der Waals surface area contributed by atoms with Gasteiger partial charge >= 0.3 is 0 Å². The lowest BCUT2D eigenvalue weighted by molar-refractivity contribution is -0.438. The molecule has 0 radical (unpaired) electrons. The van der Waals surface area contributed by atoms with Gasteiger partial charge in [0.05, 0.1) is 22.0 Å². The Morgan fingerprint density at radius 1 is 1.22 bits per heavy atom. The number of alkyl halides is 1. The summed E-state index contributed by atoms with van der Waals surface area (Å²) in [5.74, 6) is -0.114. The van der Waals surface area contributed by atoms with Crippen molar-refractivity contribution in [2.24, 2.45) is 16.9 Å². The van der Waals surface area contributed by atoms with Crippen LogP contribution in [0.1, 0.15) is 65.4 Å². The SMILES string of the molecule is C=CC(=O)N1CC(/C=[N+]2\N=C(C3CC3)c3c(N4C[C@H](C)N[C@@H](C)C4)cc(S(=O)(=O)NC4(C)CC4)cc32)C[C@@]1(C)CF. The highest BCUT2D eigenvalue weighted by molar-refractivity contribution is 7.89. The molecule has 1 aromatic rings. The van der Waals surface area contributed by atoms with Gasteiger partial charge in [0.15, 0.2) is 6.21 Å². The quantitative estimate of drug-likeness (QED) is 0.361. The number of benzene rings is 1. The van der Waals surface area contributed by atoms with Gasteiger partial charge in [-0.2, -0.15) is 0 Å². The zero-order chi connectivity index (χ0) is 29.3. The molecule has 1 aromatic carbocycles. The van der Waals surface area contributed by atoms with Gasteiger partial charge in [-0.25, -0.2) is 17.5 Å². The summed E-state index contributed by atoms with van der Waals surface area (Å²) in [4.78, 5) is 16.6. The Morgan fingerprint density at radius 2 is 1.90 bits per heavy atom. The van der Waals surface area contributed by atoms with E-state index in [0.29, 0.717) is 18.9 Å². The normalized spacial score (nSPS) is 31.8. The summed E-state index contributed by atoms with van der Waals surface area (Å²) in [6, 6.07) is 4.06. The molecule has 3 heterocycles. The van der Waals surface area contributed by atoms with Gasteiger partial charge in [0, 0.05) is 54.3 Å². The first-order valence-electron chi connectivity index (χ1n) is 14.8. The lowest BCUT2D eigenvalue weighted by Crippen LogP contribution is -2.54. The van der Waals surface area contributed by atoms with Crippen LogP contribution in [0.25, 0.3) is 0 Å². The maximum absolute atomic E-state index is 14.2. The average Bonchev–Trinajstić information content (AvgIpc) is 3.83. The first-order valence-corrected chi connectivity index (χ1v) is 16.3. The summed E-state index contributed by atoms with van der Waals surface area (Å²) in [6.45, 7) is 12.8. The highest BCUT2D eigenvalue weighted by Crippen LogP contribution is 2.46. The molecule has 1 unspecified atom stereocenters. The summed E-state index contributed by atoms with van der Waals surface area (Å²) in [6.07, 6.45) is 7.37. The molecule has 2 N–H and O–H groups in total. The van der Waals surface area contributed by atoms with Crippen molar-refractivity contribution in [2.45, 2.75) is 87.9 Å². The third-order valence-electron chi connectivity index (χ3n) is 9.19. The molecule has 222 valence electrons.